The van der Waals surface area contributed by atoms with Crippen molar-refractivity contribution in [2.24, 2.45) is 0 Å². The molecule has 0 bridgehead atoms. The van der Waals surface area contributed by atoms with Crippen molar-refractivity contribution >= 4 is 22.5 Å². The van der Waals surface area contributed by atoms with Crippen LogP contribution in [0.4, 0.5) is 0 Å². The van der Waals surface area contributed by atoms with E-state index in [2.05, 4.69) is 73.7 Å². The number of carbonyl (C=O) groups excluding carboxylic acids is 1. The Kier molecular flexibility index (Phi) is 5.42. The molecule has 0 saturated carbocycles. The number of allylic oxidation sites excluding steroid dienone is 2. The molecule has 1 aliphatic heterocycles. The van der Waals surface area contributed by atoms with Gasteiger partial charge in [0.2, 0.25) is 5.91 Å². The average Bonchev–Trinajstić information content (AvgIpc) is 3.44. The number of fused-ring (bicyclic) bond motifs is 4. The van der Waals surface area contributed by atoms with Gasteiger partial charge in [-0.25, -0.2) is 4.98 Å². The highest BCUT2D eigenvalue weighted by molar-refractivity contribution is 6.12. The van der Waals surface area contributed by atoms with Crippen molar-refractivity contribution in [3.63, 3.8) is 0 Å². The molecule has 1 aromatic heterocycles. The topological polar surface area (TPSA) is 58.7 Å². The van der Waals surface area contributed by atoms with Crippen LogP contribution in [0.5, 0.6) is 0 Å². The van der Waals surface area contributed by atoms with Gasteiger partial charge in [-0.3, -0.25) is 9.36 Å². The summed E-state index contributed by atoms with van der Waals surface area (Å²) >= 11 is 0. The van der Waals surface area contributed by atoms with Crippen molar-refractivity contribution in [2.45, 2.75) is 25.7 Å². The maximum absolute atomic E-state index is 14.9. The number of hydrogen-bond donors (Lipinski definition) is 0. The normalized spacial score (nSPS) is 16.8. The zero-order valence-electron chi connectivity index (χ0n) is 23.9. The van der Waals surface area contributed by atoms with E-state index in [4.69, 9.17) is 4.98 Å². The Morgan fingerprint density at radius 3 is 2.16 bits per heavy atom. The van der Waals surface area contributed by atoms with Gasteiger partial charge in [0.25, 0.3) is 0 Å². The molecule has 1 unspecified atom stereocenters. The zero-order chi connectivity index (χ0) is 29.3. The summed E-state index contributed by atoms with van der Waals surface area (Å²) < 4.78 is 1.84. The van der Waals surface area contributed by atoms with Gasteiger partial charge < -0.3 is 0 Å². The Bertz CT molecular complexity index is 2200. The van der Waals surface area contributed by atoms with E-state index in [9.17, 15) is 10.1 Å². The fourth-order valence-electron chi connectivity index (χ4n) is 7.02. The highest BCUT2D eigenvalue weighted by Crippen LogP contribution is 2.52. The predicted molar refractivity (Wildman–Crippen MR) is 172 cm³/mol. The van der Waals surface area contributed by atoms with Gasteiger partial charge in [-0.05, 0) is 71.3 Å². The number of aromatic nitrogens is 2. The third kappa shape index (κ3) is 3.55. The molecule has 8 rings (SSSR count). The number of benzene rings is 5. The first-order chi connectivity index (χ1) is 21.0. The molecule has 1 aliphatic carbocycles. The Morgan fingerprint density at radius 2 is 1.44 bits per heavy atom. The molecule has 0 radical (unpaired) electrons. The molecule has 2 heterocycles. The van der Waals surface area contributed by atoms with Crippen LogP contribution in [0, 0.1) is 18.3 Å². The van der Waals surface area contributed by atoms with Gasteiger partial charge in [-0.1, -0.05) is 103 Å². The maximum atomic E-state index is 14.9. The van der Waals surface area contributed by atoms with Crippen molar-refractivity contribution in [2.75, 3.05) is 0 Å². The molecular formula is C39H27N3O. The number of hydrogen-bond acceptors (Lipinski definition) is 3. The lowest BCUT2D eigenvalue weighted by Gasteiger charge is -2.39. The molecule has 0 saturated heterocycles. The number of nitriles is 1. The molecule has 43 heavy (non-hydrogen) atoms. The van der Waals surface area contributed by atoms with E-state index in [1.165, 1.54) is 0 Å². The van der Waals surface area contributed by atoms with Crippen LogP contribution in [0.25, 0.3) is 61.4 Å². The third-order valence-corrected chi connectivity index (χ3v) is 9.16. The van der Waals surface area contributed by atoms with Gasteiger partial charge in [0, 0.05) is 16.7 Å². The van der Waals surface area contributed by atoms with Crippen molar-refractivity contribution in [3.05, 3.63) is 132 Å². The first kappa shape index (κ1) is 25.2. The Hall–Kier alpha value is -5.53. The van der Waals surface area contributed by atoms with Gasteiger partial charge in [-0.2, -0.15) is 5.26 Å². The van der Waals surface area contributed by atoms with Gasteiger partial charge in [-0.15, -0.1) is 0 Å². The molecule has 0 N–H and O–H groups in total. The van der Waals surface area contributed by atoms with Crippen LogP contribution in [-0.4, -0.2) is 15.5 Å². The highest BCUT2D eigenvalue weighted by Gasteiger charge is 2.48. The smallest absolute Gasteiger partial charge is 0.243 e. The molecule has 2 aliphatic rings. The Morgan fingerprint density at radius 1 is 0.767 bits per heavy atom. The SMILES string of the molecule is Cc1ccccc1-c1ccc2c3c1C(C#N)=CCC3(C)C(=O)n1c-2nc2cc(-c3ccccc3)cc(-c3ccccc3)c21. The zero-order valence-corrected chi connectivity index (χ0v) is 23.9. The van der Waals surface area contributed by atoms with E-state index in [-0.39, 0.29) is 5.91 Å². The van der Waals surface area contributed by atoms with Crippen LogP contribution in [0.3, 0.4) is 0 Å². The average molecular weight is 554 g/mol. The number of imidazole rings is 1. The van der Waals surface area contributed by atoms with E-state index in [0.29, 0.717) is 17.8 Å². The summed E-state index contributed by atoms with van der Waals surface area (Å²) in [5, 5.41) is 10.3. The summed E-state index contributed by atoms with van der Waals surface area (Å²) in [7, 11) is 0. The fourth-order valence-corrected chi connectivity index (χ4v) is 7.02. The lowest BCUT2D eigenvalue weighted by atomic mass is 9.66. The summed E-state index contributed by atoms with van der Waals surface area (Å²) in [5.74, 6) is 0.616. The first-order valence-corrected chi connectivity index (χ1v) is 14.6. The standard InChI is InChI=1S/C39H27N3O/c1-24-11-9-10-16-29(24)30-17-18-31-35-34(30)27(23-40)19-20-39(35,2)38(43)42-36-32(26-14-7-4-8-15-26)21-28(22-33(36)41-37(31)42)25-12-5-3-6-13-25/h3-19,21-22H,20H2,1-2H3. The van der Waals surface area contributed by atoms with Gasteiger partial charge in [0.1, 0.15) is 5.82 Å². The highest BCUT2D eigenvalue weighted by atomic mass is 16.2. The van der Waals surface area contributed by atoms with E-state index in [0.717, 1.165) is 66.7 Å². The molecule has 0 fully saturated rings. The minimum absolute atomic E-state index is 0.0152. The summed E-state index contributed by atoms with van der Waals surface area (Å²) in [5.41, 5.74) is 11.3. The minimum Gasteiger partial charge on any atom is -0.273 e. The monoisotopic (exact) mass is 553 g/mol. The lowest BCUT2D eigenvalue weighted by Crippen LogP contribution is -2.42. The van der Waals surface area contributed by atoms with Crippen LogP contribution in [0.2, 0.25) is 0 Å². The molecule has 204 valence electrons. The summed E-state index contributed by atoms with van der Waals surface area (Å²) in [6, 6.07) is 39.6. The van der Waals surface area contributed by atoms with Crippen LogP contribution < -0.4 is 0 Å². The second kappa shape index (κ2) is 9.24. The lowest BCUT2D eigenvalue weighted by molar-refractivity contribution is 0.0809. The number of aryl methyl sites for hydroxylation is 1. The summed E-state index contributed by atoms with van der Waals surface area (Å²) in [4.78, 5) is 20.0. The van der Waals surface area contributed by atoms with Crippen LogP contribution >= 0.6 is 0 Å². The van der Waals surface area contributed by atoms with E-state index in [1.807, 2.05) is 66.1 Å². The molecule has 4 heteroatoms. The summed E-state index contributed by atoms with van der Waals surface area (Å²) in [6.07, 6.45) is 2.40. The second-order valence-electron chi connectivity index (χ2n) is 11.7. The molecule has 5 aromatic carbocycles. The van der Waals surface area contributed by atoms with Crippen molar-refractivity contribution < 1.29 is 4.79 Å². The van der Waals surface area contributed by atoms with Crippen LogP contribution in [-0.2, 0) is 5.41 Å². The Balaban J connectivity index is 1.48. The molecule has 0 spiro atoms. The van der Waals surface area contributed by atoms with Crippen LogP contribution in [0.15, 0.2) is 115 Å². The van der Waals surface area contributed by atoms with Gasteiger partial charge in [0.15, 0.2) is 0 Å². The van der Waals surface area contributed by atoms with Gasteiger partial charge >= 0.3 is 0 Å². The largest absolute Gasteiger partial charge is 0.273 e. The molecule has 6 aromatic rings. The van der Waals surface area contributed by atoms with Crippen molar-refractivity contribution in [3.8, 4) is 50.8 Å². The van der Waals surface area contributed by atoms with Crippen LogP contribution in [0.1, 0.15) is 34.8 Å². The van der Waals surface area contributed by atoms with E-state index in [1.54, 1.807) is 0 Å². The molecular weight excluding hydrogens is 526 g/mol. The number of rotatable bonds is 3. The summed E-state index contributed by atoms with van der Waals surface area (Å²) in [6.45, 7) is 4.11. The first-order valence-electron chi connectivity index (χ1n) is 14.6. The third-order valence-electron chi connectivity index (χ3n) is 9.16. The quantitative estimate of drug-likeness (QED) is 0.219. The molecule has 0 amide bonds. The van der Waals surface area contributed by atoms with E-state index < -0.39 is 5.41 Å². The Labute approximate surface area is 250 Å². The number of carbonyl (C=O) groups is 1. The number of nitrogens with zero attached hydrogens (tertiary/aromatic N) is 3. The van der Waals surface area contributed by atoms with Crippen molar-refractivity contribution in [1.82, 2.24) is 9.55 Å². The predicted octanol–water partition coefficient (Wildman–Crippen LogP) is 9.23. The van der Waals surface area contributed by atoms with Crippen molar-refractivity contribution in [1.29, 1.82) is 5.26 Å². The second-order valence-corrected chi connectivity index (χ2v) is 11.7. The van der Waals surface area contributed by atoms with Gasteiger partial charge in [0.05, 0.1) is 28.1 Å². The minimum atomic E-state index is -0.851. The maximum Gasteiger partial charge on any atom is 0.243 e. The van der Waals surface area contributed by atoms with E-state index >= 15 is 0 Å². The molecule has 4 nitrogen and oxygen atoms in total. The fraction of sp³-hybridized carbons (Fsp3) is 0.103. The molecule has 1 atom stereocenters.